The summed E-state index contributed by atoms with van der Waals surface area (Å²) in [6.45, 7) is 5.99. The Kier molecular flexibility index (Phi) is 6.14. The Morgan fingerprint density at radius 3 is 2.56 bits per heavy atom. The predicted octanol–water partition coefficient (Wildman–Crippen LogP) is 1.44. The van der Waals surface area contributed by atoms with E-state index in [0.717, 1.165) is 17.3 Å². The van der Waals surface area contributed by atoms with Gasteiger partial charge in [-0.25, -0.2) is 0 Å². The van der Waals surface area contributed by atoms with Gasteiger partial charge in [0.2, 0.25) is 5.91 Å². The molecule has 4 N–H and O–H groups in total. The summed E-state index contributed by atoms with van der Waals surface area (Å²) >= 11 is 0. The summed E-state index contributed by atoms with van der Waals surface area (Å²) < 4.78 is 1.77. The van der Waals surface area contributed by atoms with Crippen molar-refractivity contribution in [1.82, 2.24) is 15.1 Å². The maximum Gasteiger partial charge on any atom is 0.273 e. The number of aliphatic hydroxyl groups excluding tert-OH is 1. The second-order valence-electron chi connectivity index (χ2n) is 6.68. The minimum Gasteiger partial charge on any atom is -0.393 e. The van der Waals surface area contributed by atoms with Gasteiger partial charge < -0.3 is 16.2 Å². The zero-order valence-electron chi connectivity index (χ0n) is 14.9. The molecule has 0 saturated carbocycles. The Morgan fingerprint density at radius 2 is 1.96 bits per heavy atom. The number of fused-ring (bicyclic) bond motifs is 1. The van der Waals surface area contributed by atoms with Gasteiger partial charge in [0, 0.05) is 11.9 Å². The van der Waals surface area contributed by atoms with Gasteiger partial charge in [0.25, 0.3) is 5.91 Å². The fourth-order valence-electron chi connectivity index (χ4n) is 2.78. The van der Waals surface area contributed by atoms with Crippen LogP contribution in [0.5, 0.6) is 0 Å². The van der Waals surface area contributed by atoms with Gasteiger partial charge in [-0.1, -0.05) is 32.0 Å². The van der Waals surface area contributed by atoms with Gasteiger partial charge in [-0.15, -0.1) is 0 Å². The Labute approximate surface area is 147 Å². The average molecular weight is 346 g/mol. The first kappa shape index (κ1) is 18.9. The number of nitrogens with one attached hydrogen (secondary N) is 1. The first-order chi connectivity index (χ1) is 11.8. The van der Waals surface area contributed by atoms with E-state index in [1.54, 1.807) is 11.6 Å². The maximum atomic E-state index is 12.6. The van der Waals surface area contributed by atoms with Gasteiger partial charge in [-0.3, -0.25) is 14.3 Å². The highest BCUT2D eigenvalue weighted by Crippen LogP contribution is 2.19. The number of aliphatic hydroxyl groups is 1. The van der Waals surface area contributed by atoms with Gasteiger partial charge in [0.15, 0.2) is 5.69 Å². The number of para-hydroxylation sites is 1. The van der Waals surface area contributed by atoms with Crippen LogP contribution in [0, 0.1) is 5.92 Å². The lowest BCUT2D eigenvalue weighted by Crippen LogP contribution is -2.47. The van der Waals surface area contributed by atoms with E-state index in [0.29, 0.717) is 13.0 Å². The second-order valence-corrected chi connectivity index (χ2v) is 6.68. The monoisotopic (exact) mass is 346 g/mol. The number of aryl methyl sites for hydroxylation is 1. The average Bonchev–Trinajstić information content (AvgIpc) is 2.90. The predicted molar refractivity (Wildman–Crippen MR) is 95.9 cm³/mol. The summed E-state index contributed by atoms with van der Waals surface area (Å²) in [5.41, 5.74) is 6.50. The number of amides is 2. The van der Waals surface area contributed by atoms with Crippen molar-refractivity contribution >= 4 is 22.7 Å². The van der Waals surface area contributed by atoms with E-state index < -0.39 is 17.9 Å². The number of nitrogens with two attached hydrogens (primary N) is 1. The number of hydrogen-bond acceptors (Lipinski definition) is 4. The van der Waals surface area contributed by atoms with Crippen LogP contribution in [0.15, 0.2) is 24.3 Å². The number of nitrogens with zero attached hydrogens (tertiary/aromatic N) is 2. The van der Waals surface area contributed by atoms with Crippen molar-refractivity contribution in [1.29, 1.82) is 0 Å². The third-order valence-corrected chi connectivity index (χ3v) is 4.12. The van der Waals surface area contributed by atoms with E-state index >= 15 is 0 Å². The zero-order valence-corrected chi connectivity index (χ0v) is 14.9. The van der Waals surface area contributed by atoms with Crippen molar-refractivity contribution in [2.75, 3.05) is 0 Å². The highest BCUT2D eigenvalue weighted by atomic mass is 16.3. The molecule has 0 unspecified atom stereocenters. The fourth-order valence-corrected chi connectivity index (χ4v) is 2.78. The standard InChI is InChI=1S/C18H26N4O3/c1-11(2)15(17(19)24)20-18(25)16-13-8-4-5-9-14(13)22(21-16)10-6-7-12(3)23/h4-5,8-9,11-12,15,23H,6-7,10H2,1-3H3,(H2,19,24)(H,20,25)/t12-,15-/m0/s1. The van der Waals surface area contributed by atoms with Gasteiger partial charge in [0.05, 0.1) is 11.6 Å². The summed E-state index contributed by atoms with van der Waals surface area (Å²) in [4.78, 5) is 24.2. The lowest BCUT2D eigenvalue weighted by Gasteiger charge is -2.18. The highest BCUT2D eigenvalue weighted by molar-refractivity contribution is 6.06. The van der Waals surface area contributed by atoms with E-state index in [2.05, 4.69) is 10.4 Å². The van der Waals surface area contributed by atoms with E-state index in [-0.39, 0.29) is 17.7 Å². The molecule has 1 aromatic heterocycles. The minimum atomic E-state index is -0.744. The van der Waals surface area contributed by atoms with Gasteiger partial charge in [0.1, 0.15) is 6.04 Å². The first-order valence-corrected chi connectivity index (χ1v) is 8.55. The van der Waals surface area contributed by atoms with E-state index in [9.17, 15) is 14.7 Å². The summed E-state index contributed by atoms with van der Waals surface area (Å²) in [6, 6.07) is 6.71. The Hall–Kier alpha value is -2.41. The van der Waals surface area contributed by atoms with Crippen LogP contribution in [-0.4, -0.2) is 38.8 Å². The molecule has 0 radical (unpaired) electrons. The summed E-state index contributed by atoms with van der Waals surface area (Å²) in [6.07, 6.45) is 1.04. The van der Waals surface area contributed by atoms with Crippen LogP contribution in [-0.2, 0) is 11.3 Å². The van der Waals surface area contributed by atoms with Crippen molar-refractivity contribution in [2.24, 2.45) is 11.7 Å². The quantitative estimate of drug-likeness (QED) is 0.671. The van der Waals surface area contributed by atoms with Crippen LogP contribution < -0.4 is 11.1 Å². The normalized spacial score (nSPS) is 13.8. The largest absolute Gasteiger partial charge is 0.393 e. The number of primary amides is 1. The number of hydrogen-bond donors (Lipinski definition) is 3. The summed E-state index contributed by atoms with van der Waals surface area (Å²) in [7, 11) is 0. The lowest BCUT2D eigenvalue weighted by molar-refractivity contribution is -0.120. The number of carbonyl (C=O) groups excluding carboxylic acids is 2. The zero-order chi connectivity index (χ0) is 18.6. The molecule has 2 atom stereocenters. The molecule has 0 fully saturated rings. The number of benzene rings is 1. The van der Waals surface area contributed by atoms with Crippen LogP contribution in [0.25, 0.3) is 10.9 Å². The van der Waals surface area contributed by atoms with Crippen molar-refractivity contribution in [3.05, 3.63) is 30.0 Å². The van der Waals surface area contributed by atoms with Crippen molar-refractivity contribution < 1.29 is 14.7 Å². The van der Waals surface area contributed by atoms with Crippen molar-refractivity contribution in [2.45, 2.75) is 52.3 Å². The van der Waals surface area contributed by atoms with Gasteiger partial charge in [-0.05, 0) is 31.7 Å². The molecule has 2 aromatic rings. The molecule has 25 heavy (non-hydrogen) atoms. The third-order valence-electron chi connectivity index (χ3n) is 4.12. The van der Waals surface area contributed by atoms with Gasteiger partial charge in [-0.2, -0.15) is 5.10 Å². The lowest BCUT2D eigenvalue weighted by atomic mass is 10.0. The molecule has 1 heterocycles. The maximum absolute atomic E-state index is 12.6. The van der Waals surface area contributed by atoms with Crippen LogP contribution in [0.2, 0.25) is 0 Å². The topological polar surface area (TPSA) is 110 Å². The van der Waals surface area contributed by atoms with Crippen LogP contribution in [0.4, 0.5) is 0 Å². The molecule has 136 valence electrons. The molecule has 0 saturated heterocycles. The highest BCUT2D eigenvalue weighted by Gasteiger charge is 2.25. The Balaban J connectivity index is 2.28. The Bertz CT molecular complexity index is 752. The summed E-state index contributed by atoms with van der Waals surface area (Å²) in [5, 5.41) is 17.2. The van der Waals surface area contributed by atoms with Crippen LogP contribution >= 0.6 is 0 Å². The second kappa shape index (κ2) is 8.11. The Morgan fingerprint density at radius 1 is 1.28 bits per heavy atom. The number of aromatic nitrogens is 2. The molecule has 1 aromatic carbocycles. The van der Waals surface area contributed by atoms with E-state index in [4.69, 9.17) is 5.73 Å². The summed E-state index contributed by atoms with van der Waals surface area (Å²) in [5.74, 6) is -1.09. The molecule has 0 bridgehead atoms. The molecular formula is C18H26N4O3. The molecule has 0 aliphatic carbocycles. The molecule has 2 amide bonds. The number of rotatable bonds is 8. The molecular weight excluding hydrogens is 320 g/mol. The van der Waals surface area contributed by atoms with Gasteiger partial charge >= 0.3 is 0 Å². The third kappa shape index (κ3) is 4.57. The minimum absolute atomic E-state index is 0.110. The number of carbonyl (C=O) groups is 2. The van der Waals surface area contributed by atoms with E-state index in [1.807, 2.05) is 38.1 Å². The van der Waals surface area contributed by atoms with Crippen molar-refractivity contribution in [3.8, 4) is 0 Å². The molecule has 0 spiro atoms. The van der Waals surface area contributed by atoms with Crippen LogP contribution in [0.3, 0.4) is 0 Å². The first-order valence-electron chi connectivity index (χ1n) is 8.55. The molecule has 0 aliphatic heterocycles. The van der Waals surface area contributed by atoms with E-state index in [1.165, 1.54) is 0 Å². The fraction of sp³-hybridized carbons (Fsp3) is 0.500. The molecule has 0 aliphatic rings. The molecule has 7 heteroatoms. The van der Waals surface area contributed by atoms with Crippen molar-refractivity contribution in [3.63, 3.8) is 0 Å². The van der Waals surface area contributed by atoms with Crippen LogP contribution in [0.1, 0.15) is 44.1 Å². The smallest absolute Gasteiger partial charge is 0.273 e. The molecule has 2 rings (SSSR count). The molecule has 7 nitrogen and oxygen atoms in total. The SMILES string of the molecule is CC(C)[C@H](NC(=O)c1nn(CCC[C@H](C)O)c2ccccc12)C(N)=O.